The Balaban J connectivity index is 2.38. The fourth-order valence-electron chi connectivity index (χ4n) is 2.07. The van der Waals surface area contributed by atoms with Crippen molar-refractivity contribution in [2.24, 2.45) is 0 Å². The first-order valence-corrected chi connectivity index (χ1v) is 9.18. The molecular weight excluding hydrogens is 380 g/mol. The van der Waals surface area contributed by atoms with E-state index in [1.54, 1.807) is 23.6 Å². The van der Waals surface area contributed by atoms with Crippen LogP contribution in [0.15, 0.2) is 32.6 Å². The monoisotopic (exact) mass is 398 g/mol. The summed E-state index contributed by atoms with van der Waals surface area (Å²) in [6.45, 7) is 6.50. The molecule has 1 aromatic heterocycles. The van der Waals surface area contributed by atoms with E-state index in [9.17, 15) is 9.59 Å². The summed E-state index contributed by atoms with van der Waals surface area (Å²) in [5.41, 5.74) is 0.523. The molecule has 5 nitrogen and oxygen atoms in total. The van der Waals surface area contributed by atoms with Gasteiger partial charge in [0.1, 0.15) is 5.25 Å². The van der Waals surface area contributed by atoms with Gasteiger partial charge in [-0.1, -0.05) is 34.6 Å². The molecule has 2 aromatic rings. The van der Waals surface area contributed by atoms with Crippen molar-refractivity contribution in [2.75, 3.05) is 6.61 Å². The van der Waals surface area contributed by atoms with E-state index in [1.807, 2.05) is 19.9 Å². The van der Waals surface area contributed by atoms with Gasteiger partial charge in [0.2, 0.25) is 0 Å². The van der Waals surface area contributed by atoms with E-state index < -0.39 is 5.25 Å². The van der Waals surface area contributed by atoms with E-state index in [0.717, 1.165) is 10.9 Å². The lowest BCUT2D eigenvalue weighted by atomic mass is 10.2. The normalized spacial score (nSPS) is 12.3. The Kier molecular flexibility index (Phi) is 6.24. The summed E-state index contributed by atoms with van der Waals surface area (Å²) >= 11 is 4.62. The number of hydrogen-bond donors (Lipinski definition) is 0. The first-order chi connectivity index (χ1) is 11.0. The van der Waals surface area contributed by atoms with Gasteiger partial charge in [0.25, 0.3) is 5.56 Å². The largest absolute Gasteiger partial charge is 0.465 e. The zero-order chi connectivity index (χ0) is 17.0. The molecule has 0 aliphatic carbocycles. The molecular formula is C16H19BrN2O3S. The average molecular weight is 399 g/mol. The molecule has 0 fully saturated rings. The minimum atomic E-state index is -0.417. The number of carbonyl (C=O) groups is 1. The summed E-state index contributed by atoms with van der Waals surface area (Å²) < 4.78 is 7.57. The molecule has 0 aliphatic heterocycles. The maximum Gasteiger partial charge on any atom is 0.319 e. The molecule has 0 radical (unpaired) electrons. The van der Waals surface area contributed by atoms with Gasteiger partial charge in [-0.2, -0.15) is 0 Å². The van der Waals surface area contributed by atoms with Crippen LogP contribution in [-0.2, 0) is 16.1 Å². The number of rotatable bonds is 6. The third-order valence-corrected chi connectivity index (χ3v) is 4.82. The highest BCUT2D eigenvalue weighted by molar-refractivity contribution is 9.10. The molecule has 0 bridgehead atoms. The first-order valence-electron chi connectivity index (χ1n) is 7.51. The van der Waals surface area contributed by atoms with E-state index >= 15 is 0 Å². The number of aromatic nitrogens is 2. The smallest absolute Gasteiger partial charge is 0.319 e. The molecule has 0 N–H and O–H groups in total. The van der Waals surface area contributed by atoms with Gasteiger partial charge >= 0.3 is 5.97 Å². The van der Waals surface area contributed by atoms with Crippen LogP contribution in [-0.4, -0.2) is 27.4 Å². The average Bonchev–Trinajstić information content (AvgIpc) is 2.53. The van der Waals surface area contributed by atoms with Gasteiger partial charge in [-0.3, -0.25) is 14.2 Å². The summed E-state index contributed by atoms with van der Waals surface area (Å²) in [6, 6.07) is 5.41. The lowest BCUT2D eigenvalue weighted by molar-refractivity contribution is -0.142. The van der Waals surface area contributed by atoms with Crippen molar-refractivity contribution in [3.8, 4) is 0 Å². The fraction of sp³-hybridized carbons (Fsp3) is 0.438. The molecule has 0 saturated carbocycles. The van der Waals surface area contributed by atoms with E-state index in [1.165, 1.54) is 11.8 Å². The Morgan fingerprint density at radius 3 is 2.83 bits per heavy atom. The second-order valence-electron chi connectivity index (χ2n) is 5.03. The van der Waals surface area contributed by atoms with Crippen LogP contribution < -0.4 is 5.56 Å². The molecule has 0 aliphatic rings. The van der Waals surface area contributed by atoms with Crippen molar-refractivity contribution in [3.05, 3.63) is 33.0 Å². The van der Waals surface area contributed by atoms with Crippen molar-refractivity contribution in [3.63, 3.8) is 0 Å². The highest BCUT2D eigenvalue weighted by atomic mass is 79.9. The number of hydrogen-bond acceptors (Lipinski definition) is 5. The van der Waals surface area contributed by atoms with Crippen molar-refractivity contribution >= 4 is 44.6 Å². The minimum Gasteiger partial charge on any atom is -0.465 e. The number of halogens is 1. The van der Waals surface area contributed by atoms with Crippen molar-refractivity contribution in [1.29, 1.82) is 0 Å². The third-order valence-electron chi connectivity index (χ3n) is 3.26. The molecule has 23 heavy (non-hydrogen) atoms. The number of carbonyl (C=O) groups excluding carboxylic acids is 1. The first kappa shape index (κ1) is 18.0. The third kappa shape index (κ3) is 4.14. The van der Waals surface area contributed by atoms with Crippen LogP contribution >= 0.6 is 27.7 Å². The Morgan fingerprint density at radius 1 is 1.43 bits per heavy atom. The van der Waals surface area contributed by atoms with E-state index in [-0.39, 0.29) is 11.5 Å². The predicted molar refractivity (Wildman–Crippen MR) is 95.9 cm³/mol. The topological polar surface area (TPSA) is 61.2 Å². The molecule has 1 atom stereocenters. The molecule has 0 saturated heterocycles. The Bertz CT molecular complexity index is 776. The number of ether oxygens (including phenoxy) is 1. The summed E-state index contributed by atoms with van der Waals surface area (Å²) in [5, 5.41) is 0.680. The maximum absolute atomic E-state index is 12.6. The van der Waals surface area contributed by atoms with E-state index in [4.69, 9.17) is 4.74 Å². The number of benzene rings is 1. The minimum absolute atomic E-state index is 0.101. The second-order valence-corrected chi connectivity index (χ2v) is 7.26. The summed E-state index contributed by atoms with van der Waals surface area (Å²) in [5.74, 6) is -0.287. The number of esters is 1. The van der Waals surface area contributed by atoms with Gasteiger partial charge in [0.15, 0.2) is 5.16 Å². The van der Waals surface area contributed by atoms with E-state index in [0.29, 0.717) is 29.2 Å². The van der Waals surface area contributed by atoms with Crippen LogP contribution in [0, 0.1) is 0 Å². The van der Waals surface area contributed by atoms with Gasteiger partial charge in [-0.15, -0.1) is 0 Å². The number of nitrogens with zero attached hydrogens (tertiary/aromatic N) is 2. The van der Waals surface area contributed by atoms with Crippen LogP contribution in [0.5, 0.6) is 0 Å². The van der Waals surface area contributed by atoms with Gasteiger partial charge in [0, 0.05) is 11.0 Å². The van der Waals surface area contributed by atoms with Crippen LogP contribution in [0.1, 0.15) is 27.2 Å². The highest BCUT2D eigenvalue weighted by Gasteiger charge is 2.20. The standard InChI is InChI=1S/C16H19BrN2O3S/c1-4-8-22-15(21)10(3)23-16-18-13-7-6-11(17)9-12(13)14(20)19(16)5-2/h6-7,9-10H,4-5,8H2,1-3H3. The zero-order valence-corrected chi connectivity index (χ0v) is 15.7. The van der Waals surface area contributed by atoms with E-state index in [2.05, 4.69) is 20.9 Å². The molecule has 0 amide bonds. The van der Waals surface area contributed by atoms with Crippen LogP contribution in [0.4, 0.5) is 0 Å². The predicted octanol–water partition coefficient (Wildman–Crippen LogP) is 3.61. The molecule has 1 aromatic carbocycles. The second kappa shape index (κ2) is 7.97. The molecule has 124 valence electrons. The Labute approximate surface area is 147 Å². The molecule has 1 unspecified atom stereocenters. The van der Waals surface area contributed by atoms with Crippen molar-refractivity contribution in [1.82, 2.24) is 9.55 Å². The zero-order valence-electron chi connectivity index (χ0n) is 13.3. The molecule has 7 heteroatoms. The van der Waals surface area contributed by atoms with Crippen LogP contribution in [0.2, 0.25) is 0 Å². The van der Waals surface area contributed by atoms with Crippen molar-refractivity contribution in [2.45, 2.75) is 44.1 Å². The van der Waals surface area contributed by atoms with Crippen LogP contribution in [0.25, 0.3) is 10.9 Å². The fourth-order valence-corrected chi connectivity index (χ4v) is 3.40. The van der Waals surface area contributed by atoms with Gasteiger partial charge in [-0.25, -0.2) is 4.98 Å². The lowest BCUT2D eigenvalue weighted by Gasteiger charge is -2.14. The van der Waals surface area contributed by atoms with Gasteiger partial charge < -0.3 is 4.74 Å². The summed E-state index contributed by atoms with van der Waals surface area (Å²) in [6.07, 6.45) is 0.784. The summed E-state index contributed by atoms with van der Waals surface area (Å²) in [4.78, 5) is 29.1. The molecule has 1 heterocycles. The lowest BCUT2D eigenvalue weighted by Crippen LogP contribution is -2.25. The SMILES string of the molecule is CCCOC(=O)C(C)Sc1nc2ccc(Br)cc2c(=O)n1CC. The highest BCUT2D eigenvalue weighted by Crippen LogP contribution is 2.24. The number of thioether (sulfide) groups is 1. The summed E-state index contributed by atoms with van der Waals surface area (Å²) in [7, 11) is 0. The van der Waals surface area contributed by atoms with Crippen molar-refractivity contribution < 1.29 is 9.53 Å². The Morgan fingerprint density at radius 2 is 2.17 bits per heavy atom. The quantitative estimate of drug-likeness (QED) is 0.422. The van der Waals surface area contributed by atoms with Crippen LogP contribution in [0.3, 0.4) is 0 Å². The van der Waals surface area contributed by atoms with Gasteiger partial charge in [-0.05, 0) is 38.5 Å². The molecule has 0 spiro atoms. The van der Waals surface area contributed by atoms with Gasteiger partial charge in [0.05, 0.1) is 17.5 Å². The molecule has 2 rings (SSSR count). The Hall–Kier alpha value is -1.34. The maximum atomic E-state index is 12.6. The number of fused-ring (bicyclic) bond motifs is 1.